The first-order valence-corrected chi connectivity index (χ1v) is 9.26. The van der Waals surface area contributed by atoms with Crippen LogP contribution in [0.4, 0.5) is 15.8 Å². The molecule has 3 aromatic rings. The van der Waals surface area contributed by atoms with Gasteiger partial charge in [-0.05, 0) is 53.1 Å². The maximum atomic E-state index is 14.0. The molecule has 0 heterocycles. The lowest BCUT2D eigenvalue weighted by molar-refractivity contribution is -0.104. The summed E-state index contributed by atoms with van der Waals surface area (Å²) in [5, 5.41) is 18.2. The van der Waals surface area contributed by atoms with Crippen LogP contribution in [0.3, 0.4) is 0 Å². The molecule has 3 rings (SSSR count). The number of benzene rings is 3. The number of nitrogens with two attached hydrogens (primary N) is 1. The van der Waals surface area contributed by atoms with E-state index in [-0.39, 0.29) is 0 Å². The number of nitrogens with zero attached hydrogens (tertiary/aromatic N) is 1. The van der Waals surface area contributed by atoms with Crippen LogP contribution < -0.4 is 10.6 Å². The Morgan fingerprint density at radius 2 is 1.77 bits per heavy atom. The average Bonchev–Trinajstić information content (AvgIpc) is 2.76. The van der Waals surface area contributed by atoms with E-state index in [0.29, 0.717) is 34.4 Å². The van der Waals surface area contributed by atoms with E-state index < -0.39 is 12.0 Å². The first kappa shape index (κ1) is 21.0. The van der Waals surface area contributed by atoms with Crippen LogP contribution in [0.5, 0.6) is 0 Å². The van der Waals surface area contributed by atoms with E-state index in [4.69, 9.17) is 11.1 Å². The summed E-state index contributed by atoms with van der Waals surface area (Å²) in [5.41, 5.74) is 10.5. The second-order valence-corrected chi connectivity index (χ2v) is 6.83. The van der Waals surface area contributed by atoms with E-state index >= 15 is 0 Å². The topological polar surface area (TPSA) is 90.4 Å². The highest BCUT2D eigenvalue weighted by atomic mass is 19.1. The maximum Gasteiger partial charge on any atom is 0.153 e. The lowest BCUT2D eigenvalue weighted by atomic mass is 10.0. The number of nitrogen functional groups attached to an aromatic ring is 1. The summed E-state index contributed by atoms with van der Waals surface area (Å²) >= 11 is 0. The van der Waals surface area contributed by atoms with Crippen LogP contribution in [0.25, 0.3) is 17.2 Å². The molecule has 0 aliphatic rings. The average molecular weight is 403 g/mol. The number of carbonyl (C=O) groups excluding carboxylic acids is 1. The molecule has 4 N–H and O–H groups in total. The number of aliphatic hydroxyl groups excluding tert-OH is 1. The smallest absolute Gasteiger partial charge is 0.153 e. The number of rotatable bonds is 7. The number of aldehydes is 1. The van der Waals surface area contributed by atoms with Crippen molar-refractivity contribution in [1.29, 1.82) is 5.41 Å². The number of halogens is 1. The van der Waals surface area contributed by atoms with Gasteiger partial charge in [-0.1, -0.05) is 36.4 Å². The van der Waals surface area contributed by atoms with Crippen molar-refractivity contribution < 1.29 is 14.3 Å². The first-order valence-electron chi connectivity index (χ1n) is 9.26. The quantitative estimate of drug-likeness (QED) is 0.179. The molecule has 30 heavy (non-hydrogen) atoms. The van der Waals surface area contributed by atoms with Gasteiger partial charge in [-0.15, -0.1) is 0 Å². The summed E-state index contributed by atoms with van der Waals surface area (Å²) in [5.74, 6) is -0.460. The van der Waals surface area contributed by atoms with Crippen LogP contribution in [-0.4, -0.2) is 24.7 Å². The van der Waals surface area contributed by atoms with Crippen LogP contribution in [0.2, 0.25) is 0 Å². The maximum absolute atomic E-state index is 14.0. The van der Waals surface area contributed by atoms with Crippen LogP contribution in [0.1, 0.15) is 22.9 Å². The van der Waals surface area contributed by atoms with Gasteiger partial charge in [0.15, 0.2) is 6.23 Å². The number of aliphatic hydroxyl groups is 1. The van der Waals surface area contributed by atoms with Gasteiger partial charge < -0.3 is 21.1 Å². The molecule has 0 amide bonds. The zero-order valence-electron chi connectivity index (χ0n) is 16.4. The molecule has 0 aliphatic heterocycles. The van der Waals surface area contributed by atoms with E-state index in [2.05, 4.69) is 0 Å². The van der Waals surface area contributed by atoms with Gasteiger partial charge in [0.05, 0.1) is 0 Å². The second-order valence-electron chi connectivity index (χ2n) is 6.83. The Morgan fingerprint density at radius 3 is 2.43 bits per heavy atom. The molecule has 0 radical (unpaired) electrons. The molecule has 0 spiro atoms. The third-order valence-corrected chi connectivity index (χ3v) is 4.83. The summed E-state index contributed by atoms with van der Waals surface area (Å²) < 4.78 is 14.0. The largest absolute Gasteiger partial charge is 0.398 e. The van der Waals surface area contributed by atoms with Gasteiger partial charge in [-0.25, -0.2) is 4.39 Å². The first-order chi connectivity index (χ1) is 14.4. The summed E-state index contributed by atoms with van der Waals surface area (Å²) in [6, 6.07) is 17.1. The fraction of sp³-hybridized carbons (Fsp3) is 0.0833. The van der Waals surface area contributed by atoms with Gasteiger partial charge in [0.1, 0.15) is 12.1 Å². The minimum atomic E-state index is -0.993. The third-order valence-electron chi connectivity index (χ3n) is 4.83. The molecule has 0 aromatic heterocycles. The molecular weight excluding hydrogens is 381 g/mol. The Balaban J connectivity index is 1.84. The normalized spacial score (nSPS) is 12.0. The fourth-order valence-electron chi connectivity index (χ4n) is 3.14. The molecule has 6 heteroatoms. The highest BCUT2D eigenvalue weighted by molar-refractivity contribution is 5.87. The number of carbonyl (C=O) groups is 1. The summed E-state index contributed by atoms with van der Waals surface area (Å²) in [6.07, 6.45) is 3.63. The molecule has 1 unspecified atom stereocenters. The summed E-state index contributed by atoms with van der Waals surface area (Å²) in [7, 11) is 1.66. The number of anilines is 2. The van der Waals surface area contributed by atoms with Crippen molar-refractivity contribution >= 4 is 30.0 Å². The Morgan fingerprint density at radius 1 is 1.07 bits per heavy atom. The molecular formula is C24H22FN3O2. The Labute approximate surface area is 174 Å². The van der Waals surface area contributed by atoms with Crippen molar-refractivity contribution in [3.05, 3.63) is 89.2 Å². The van der Waals surface area contributed by atoms with Crippen LogP contribution in [0, 0.1) is 11.2 Å². The zero-order chi connectivity index (χ0) is 21.7. The molecule has 0 bridgehead atoms. The number of hydrogen-bond acceptors (Lipinski definition) is 5. The molecule has 0 saturated carbocycles. The van der Waals surface area contributed by atoms with Crippen LogP contribution in [-0.2, 0) is 4.79 Å². The third kappa shape index (κ3) is 4.61. The highest BCUT2D eigenvalue weighted by Gasteiger charge is 2.16. The summed E-state index contributed by atoms with van der Waals surface area (Å²) in [4.78, 5) is 12.1. The van der Waals surface area contributed by atoms with Gasteiger partial charge in [-0.3, -0.25) is 4.79 Å². The highest BCUT2D eigenvalue weighted by Crippen LogP contribution is 2.28. The standard InChI is InChI=1S/C24H22FN3O2/c1-28(22-12-16(3-2-10-29)11-21(25)14-22)24(30)18-6-4-17(5-7-18)19-8-9-23(27)20(13-19)15-26/h2-15,24,26,30H,27H2,1H3/b3-2+,26-15?. The lowest BCUT2D eigenvalue weighted by Crippen LogP contribution is -2.23. The number of allylic oxidation sites excluding steroid dienone is 1. The molecule has 1 atom stereocenters. The second kappa shape index (κ2) is 9.15. The van der Waals surface area contributed by atoms with Crippen LogP contribution >= 0.6 is 0 Å². The molecule has 152 valence electrons. The van der Waals surface area contributed by atoms with Gasteiger partial charge in [-0.2, -0.15) is 0 Å². The van der Waals surface area contributed by atoms with E-state index in [1.165, 1.54) is 30.5 Å². The van der Waals surface area contributed by atoms with Crippen molar-refractivity contribution in [3.8, 4) is 11.1 Å². The van der Waals surface area contributed by atoms with Gasteiger partial charge in [0, 0.05) is 35.8 Å². The number of nitrogens with one attached hydrogen (secondary N) is 1. The Hall–Kier alpha value is -3.77. The monoisotopic (exact) mass is 403 g/mol. The van der Waals surface area contributed by atoms with Crippen molar-refractivity contribution in [1.82, 2.24) is 0 Å². The van der Waals surface area contributed by atoms with E-state index in [9.17, 15) is 14.3 Å². The van der Waals surface area contributed by atoms with Crippen LogP contribution in [0.15, 0.2) is 66.7 Å². The molecule has 0 fully saturated rings. The molecule has 5 nitrogen and oxygen atoms in total. The summed E-state index contributed by atoms with van der Waals surface area (Å²) in [6.45, 7) is 0. The molecule has 3 aromatic carbocycles. The molecule has 0 aliphatic carbocycles. The Bertz CT molecular complexity index is 1090. The van der Waals surface area contributed by atoms with E-state index in [1.54, 1.807) is 36.2 Å². The van der Waals surface area contributed by atoms with Gasteiger partial charge in [0.2, 0.25) is 0 Å². The van der Waals surface area contributed by atoms with Gasteiger partial charge >= 0.3 is 0 Å². The lowest BCUT2D eigenvalue weighted by Gasteiger charge is -2.26. The van der Waals surface area contributed by atoms with Crippen molar-refractivity contribution in [2.24, 2.45) is 0 Å². The predicted molar refractivity (Wildman–Crippen MR) is 119 cm³/mol. The van der Waals surface area contributed by atoms with Crippen molar-refractivity contribution in [2.45, 2.75) is 6.23 Å². The minimum Gasteiger partial charge on any atom is -0.398 e. The van der Waals surface area contributed by atoms with Crippen molar-refractivity contribution in [2.75, 3.05) is 17.7 Å². The van der Waals surface area contributed by atoms with Crippen molar-refractivity contribution in [3.63, 3.8) is 0 Å². The molecule has 0 saturated heterocycles. The van der Waals surface area contributed by atoms with Gasteiger partial charge in [0.25, 0.3) is 0 Å². The number of hydrogen-bond donors (Lipinski definition) is 3. The SMILES string of the molecule is CN(c1cc(F)cc(/C=C/C=O)c1)C(O)c1ccc(-c2ccc(N)c(C=N)c2)cc1. The fourth-order valence-corrected chi connectivity index (χ4v) is 3.14. The minimum absolute atomic E-state index is 0.460. The van der Waals surface area contributed by atoms with E-state index in [0.717, 1.165) is 11.1 Å². The zero-order valence-corrected chi connectivity index (χ0v) is 16.4. The Kier molecular flexibility index (Phi) is 6.39. The predicted octanol–water partition coefficient (Wildman–Crippen LogP) is 4.41. The van der Waals surface area contributed by atoms with E-state index in [1.807, 2.05) is 24.3 Å².